The second kappa shape index (κ2) is 5.60. The van der Waals surface area contributed by atoms with Crippen LogP contribution in [0.15, 0.2) is 0 Å². The number of carbonyl (C=O) groups excluding carboxylic acids is 1. The first-order valence-electron chi connectivity index (χ1n) is 7.55. The molecule has 2 rings (SSSR count). The van der Waals surface area contributed by atoms with Gasteiger partial charge < -0.3 is 10.6 Å². The first-order chi connectivity index (χ1) is 8.50. The Morgan fingerprint density at radius 3 is 2.44 bits per heavy atom. The number of amides is 1. The van der Waals surface area contributed by atoms with E-state index in [-0.39, 0.29) is 17.5 Å². The van der Waals surface area contributed by atoms with Gasteiger partial charge in [0.05, 0.1) is 6.04 Å². The van der Waals surface area contributed by atoms with Crippen molar-refractivity contribution < 1.29 is 4.79 Å². The maximum Gasteiger partial charge on any atom is 0.237 e. The smallest absolute Gasteiger partial charge is 0.237 e. The molecule has 1 heterocycles. The highest BCUT2D eigenvalue weighted by molar-refractivity contribution is 5.82. The van der Waals surface area contributed by atoms with Crippen molar-refractivity contribution in [2.75, 3.05) is 6.54 Å². The summed E-state index contributed by atoms with van der Waals surface area (Å²) in [6.07, 6.45) is 6.91. The van der Waals surface area contributed by atoms with Gasteiger partial charge in [0.15, 0.2) is 0 Å². The van der Waals surface area contributed by atoms with E-state index in [1.54, 1.807) is 0 Å². The van der Waals surface area contributed by atoms with Crippen LogP contribution < -0.4 is 10.6 Å². The Bertz CT molecular complexity index is 287. The van der Waals surface area contributed by atoms with Gasteiger partial charge >= 0.3 is 0 Å². The topological polar surface area (TPSA) is 41.1 Å². The van der Waals surface area contributed by atoms with Gasteiger partial charge in [-0.05, 0) is 63.8 Å². The van der Waals surface area contributed by atoms with Gasteiger partial charge in [-0.2, -0.15) is 0 Å². The van der Waals surface area contributed by atoms with E-state index < -0.39 is 0 Å². The Hall–Kier alpha value is -0.570. The third-order valence-corrected chi connectivity index (χ3v) is 4.88. The largest absolute Gasteiger partial charge is 0.350 e. The molecule has 0 aromatic rings. The quantitative estimate of drug-likeness (QED) is 0.810. The summed E-state index contributed by atoms with van der Waals surface area (Å²) >= 11 is 0. The lowest BCUT2D eigenvalue weighted by molar-refractivity contribution is -0.125. The molecule has 2 fully saturated rings. The molecule has 3 heteroatoms. The third kappa shape index (κ3) is 3.25. The van der Waals surface area contributed by atoms with Crippen LogP contribution in [0.2, 0.25) is 0 Å². The van der Waals surface area contributed by atoms with Crippen LogP contribution in [0.1, 0.15) is 59.3 Å². The summed E-state index contributed by atoms with van der Waals surface area (Å²) in [7, 11) is 0. The van der Waals surface area contributed by atoms with Crippen LogP contribution in [-0.2, 0) is 4.79 Å². The van der Waals surface area contributed by atoms with Gasteiger partial charge in [0.25, 0.3) is 0 Å². The minimum atomic E-state index is 0.0345. The van der Waals surface area contributed by atoms with E-state index in [1.807, 2.05) is 0 Å². The Kier molecular flexibility index (Phi) is 4.31. The number of nitrogens with one attached hydrogen (secondary N) is 2. The summed E-state index contributed by atoms with van der Waals surface area (Å²) in [5.74, 6) is 1.85. The zero-order valence-corrected chi connectivity index (χ0v) is 12.1. The molecule has 1 aliphatic carbocycles. The molecular weight excluding hydrogens is 224 g/mol. The van der Waals surface area contributed by atoms with Crippen molar-refractivity contribution in [3.8, 4) is 0 Å². The normalized spacial score (nSPS) is 36.9. The monoisotopic (exact) mass is 252 g/mol. The molecule has 0 radical (unpaired) electrons. The lowest BCUT2D eigenvalue weighted by Gasteiger charge is -2.40. The van der Waals surface area contributed by atoms with Crippen LogP contribution in [0, 0.1) is 11.8 Å². The van der Waals surface area contributed by atoms with E-state index in [0.717, 1.165) is 44.1 Å². The van der Waals surface area contributed by atoms with Gasteiger partial charge in [0, 0.05) is 5.54 Å². The number of hydrogen-bond acceptors (Lipinski definition) is 2. The van der Waals surface area contributed by atoms with Gasteiger partial charge in [-0.15, -0.1) is 0 Å². The third-order valence-electron chi connectivity index (χ3n) is 4.88. The predicted octanol–water partition coefficient (Wildman–Crippen LogP) is 2.46. The van der Waals surface area contributed by atoms with Gasteiger partial charge in [-0.1, -0.05) is 13.8 Å². The average molecular weight is 252 g/mol. The summed E-state index contributed by atoms with van der Waals surface area (Å²) in [6.45, 7) is 7.84. The maximum atomic E-state index is 12.2. The first kappa shape index (κ1) is 13.9. The molecule has 1 saturated heterocycles. The molecule has 1 atom stereocenters. The van der Waals surface area contributed by atoms with E-state index in [9.17, 15) is 4.79 Å². The van der Waals surface area contributed by atoms with Crippen LogP contribution in [0.5, 0.6) is 0 Å². The lowest BCUT2D eigenvalue weighted by atomic mass is 9.73. The van der Waals surface area contributed by atoms with Crippen LogP contribution in [0.4, 0.5) is 0 Å². The molecule has 0 spiro atoms. The summed E-state index contributed by atoms with van der Waals surface area (Å²) in [6, 6.07) is 0.0599. The van der Waals surface area contributed by atoms with Crippen LogP contribution in [-0.4, -0.2) is 24.0 Å². The number of carbonyl (C=O) groups is 1. The van der Waals surface area contributed by atoms with E-state index >= 15 is 0 Å². The van der Waals surface area contributed by atoms with Crippen molar-refractivity contribution in [1.82, 2.24) is 10.6 Å². The van der Waals surface area contributed by atoms with Crippen LogP contribution in [0.25, 0.3) is 0 Å². The van der Waals surface area contributed by atoms with Crippen LogP contribution in [0.3, 0.4) is 0 Å². The van der Waals surface area contributed by atoms with Gasteiger partial charge in [0.1, 0.15) is 0 Å². The summed E-state index contributed by atoms with van der Waals surface area (Å²) in [5, 5.41) is 6.57. The van der Waals surface area contributed by atoms with Crippen molar-refractivity contribution in [3.63, 3.8) is 0 Å². The Balaban J connectivity index is 1.83. The van der Waals surface area contributed by atoms with E-state index in [1.165, 1.54) is 12.8 Å². The summed E-state index contributed by atoms with van der Waals surface area (Å²) < 4.78 is 0. The molecule has 2 aliphatic rings. The molecule has 18 heavy (non-hydrogen) atoms. The molecule has 2 N–H and O–H groups in total. The highest BCUT2D eigenvalue weighted by Crippen LogP contribution is 2.35. The van der Waals surface area contributed by atoms with E-state index in [2.05, 4.69) is 31.4 Å². The molecule has 104 valence electrons. The minimum Gasteiger partial charge on any atom is -0.350 e. The van der Waals surface area contributed by atoms with Crippen molar-refractivity contribution >= 4 is 5.91 Å². The molecule has 1 amide bonds. The fraction of sp³-hybridized carbons (Fsp3) is 0.933. The lowest BCUT2D eigenvalue weighted by Crippen LogP contribution is -2.53. The molecule has 1 aliphatic heterocycles. The molecular formula is C15H28N2O. The molecule has 0 aromatic heterocycles. The fourth-order valence-corrected chi connectivity index (χ4v) is 3.36. The second-order valence-electron chi connectivity index (χ2n) is 6.78. The Morgan fingerprint density at radius 1 is 1.28 bits per heavy atom. The molecule has 1 saturated carbocycles. The SMILES string of the molecule is CC(C)C1CCC(C)(NC(=O)[C@@H]2CCCN2)CC1. The van der Waals surface area contributed by atoms with E-state index in [4.69, 9.17) is 0 Å². The highest BCUT2D eigenvalue weighted by atomic mass is 16.2. The molecule has 0 unspecified atom stereocenters. The average Bonchev–Trinajstić information content (AvgIpc) is 2.82. The van der Waals surface area contributed by atoms with Crippen molar-refractivity contribution in [2.45, 2.75) is 70.9 Å². The van der Waals surface area contributed by atoms with E-state index in [0.29, 0.717) is 0 Å². The second-order valence-corrected chi connectivity index (χ2v) is 6.78. The fourth-order valence-electron chi connectivity index (χ4n) is 3.36. The molecule has 3 nitrogen and oxygen atoms in total. The van der Waals surface area contributed by atoms with Gasteiger partial charge in [0.2, 0.25) is 5.91 Å². The van der Waals surface area contributed by atoms with Crippen LogP contribution >= 0.6 is 0 Å². The minimum absolute atomic E-state index is 0.0345. The first-order valence-corrected chi connectivity index (χ1v) is 7.55. The number of rotatable bonds is 3. The van der Waals surface area contributed by atoms with Gasteiger partial charge in [-0.3, -0.25) is 4.79 Å². The van der Waals surface area contributed by atoms with Gasteiger partial charge in [-0.25, -0.2) is 0 Å². The standard InChI is InChI=1S/C15H28N2O/c1-11(2)12-6-8-15(3,9-7-12)17-14(18)13-5-4-10-16-13/h11-13,16H,4-10H2,1-3H3,(H,17,18)/t12?,13-,15?/m0/s1. The zero-order valence-electron chi connectivity index (χ0n) is 12.1. The number of hydrogen-bond donors (Lipinski definition) is 2. The zero-order chi connectivity index (χ0) is 13.2. The Morgan fingerprint density at radius 2 is 1.94 bits per heavy atom. The molecule has 0 bridgehead atoms. The summed E-state index contributed by atoms with van der Waals surface area (Å²) in [5.41, 5.74) is 0.0345. The highest BCUT2D eigenvalue weighted by Gasteiger charge is 2.35. The van der Waals surface area contributed by atoms with Crippen molar-refractivity contribution in [2.24, 2.45) is 11.8 Å². The Labute approximate surface area is 111 Å². The van der Waals surface area contributed by atoms with Crippen molar-refractivity contribution in [1.29, 1.82) is 0 Å². The molecule has 0 aromatic carbocycles. The van der Waals surface area contributed by atoms with Crippen molar-refractivity contribution in [3.05, 3.63) is 0 Å². The summed E-state index contributed by atoms with van der Waals surface area (Å²) in [4.78, 5) is 12.2. The predicted molar refractivity (Wildman–Crippen MR) is 74.4 cm³/mol. The maximum absolute atomic E-state index is 12.2.